The highest BCUT2D eigenvalue weighted by atomic mass is 16.5. The normalized spacial score (nSPS) is 27.9. The number of ether oxygens (including phenoxy) is 1. The molecule has 2 atom stereocenters. The van der Waals surface area contributed by atoms with Gasteiger partial charge < -0.3 is 15.4 Å². The average molecular weight is 229 g/mol. The van der Waals surface area contributed by atoms with E-state index >= 15 is 0 Å². The van der Waals surface area contributed by atoms with Crippen LogP contribution in [0.4, 0.5) is 0 Å². The van der Waals surface area contributed by atoms with Crippen LogP contribution < -0.4 is 5.73 Å². The molecule has 0 aromatic rings. The molecule has 0 amide bonds. The number of piperazine rings is 1. The van der Waals surface area contributed by atoms with Crippen LogP contribution in [0.3, 0.4) is 0 Å². The van der Waals surface area contributed by atoms with Gasteiger partial charge in [0.05, 0.1) is 12.1 Å². The van der Waals surface area contributed by atoms with Crippen LogP contribution in [-0.4, -0.2) is 68.3 Å². The highest BCUT2D eigenvalue weighted by Gasteiger charge is 2.38. The molecule has 0 aliphatic carbocycles. The van der Waals surface area contributed by atoms with Gasteiger partial charge in [-0.25, -0.2) is 0 Å². The maximum Gasteiger partial charge on any atom is 0.0659 e. The third-order valence-corrected chi connectivity index (χ3v) is 3.89. The van der Waals surface area contributed by atoms with Crippen LogP contribution in [0.2, 0.25) is 0 Å². The van der Waals surface area contributed by atoms with Crippen molar-refractivity contribution in [1.29, 1.82) is 0 Å². The molecule has 0 aromatic carbocycles. The zero-order valence-electron chi connectivity index (χ0n) is 11.2. The summed E-state index contributed by atoms with van der Waals surface area (Å²) >= 11 is 0. The minimum absolute atomic E-state index is 0.0232. The van der Waals surface area contributed by atoms with Crippen molar-refractivity contribution >= 4 is 0 Å². The zero-order valence-corrected chi connectivity index (χ0v) is 11.2. The molecule has 1 aliphatic heterocycles. The Morgan fingerprint density at radius 2 is 2.12 bits per heavy atom. The molecular weight excluding hydrogens is 202 g/mol. The molecule has 1 rings (SSSR count). The lowest BCUT2D eigenvalue weighted by atomic mass is 9.92. The number of likely N-dealkylation sites (N-methyl/N-ethyl adjacent to an activating group) is 1. The SMILES string of the molecule is CCC(CN)(COC)N1CCN(C)CC1C. The highest BCUT2D eigenvalue weighted by molar-refractivity contribution is 4.95. The molecule has 1 fully saturated rings. The first kappa shape index (κ1) is 13.9. The Morgan fingerprint density at radius 3 is 2.56 bits per heavy atom. The second-order valence-electron chi connectivity index (χ2n) is 5.02. The molecule has 96 valence electrons. The topological polar surface area (TPSA) is 41.7 Å². The van der Waals surface area contributed by atoms with Crippen molar-refractivity contribution in [3.05, 3.63) is 0 Å². The van der Waals surface area contributed by atoms with Crippen molar-refractivity contribution in [2.75, 3.05) is 46.9 Å². The van der Waals surface area contributed by atoms with E-state index in [0.29, 0.717) is 12.6 Å². The summed E-state index contributed by atoms with van der Waals surface area (Å²) in [7, 11) is 3.95. The maximum atomic E-state index is 6.00. The van der Waals surface area contributed by atoms with Gasteiger partial charge in [-0.2, -0.15) is 0 Å². The van der Waals surface area contributed by atoms with Crippen LogP contribution in [0.5, 0.6) is 0 Å². The third-order valence-electron chi connectivity index (χ3n) is 3.89. The lowest BCUT2D eigenvalue weighted by Gasteiger charge is -2.49. The summed E-state index contributed by atoms with van der Waals surface area (Å²) in [6, 6.07) is 0.553. The summed E-state index contributed by atoms with van der Waals surface area (Å²) in [6.07, 6.45) is 1.05. The van der Waals surface area contributed by atoms with Gasteiger partial charge in [-0.15, -0.1) is 0 Å². The second kappa shape index (κ2) is 5.96. The molecule has 16 heavy (non-hydrogen) atoms. The van der Waals surface area contributed by atoms with Crippen molar-refractivity contribution in [3.63, 3.8) is 0 Å². The lowest BCUT2D eigenvalue weighted by molar-refractivity contribution is -0.0401. The number of methoxy groups -OCH3 is 1. The van der Waals surface area contributed by atoms with Crippen LogP contribution >= 0.6 is 0 Å². The number of nitrogens with zero attached hydrogens (tertiary/aromatic N) is 2. The van der Waals surface area contributed by atoms with Crippen molar-refractivity contribution < 1.29 is 4.74 Å². The Balaban J connectivity index is 2.77. The Labute approximate surface area is 99.7 Å². The van der Waals surface area contributed by atoms with E-state index in [1.165, 1.54) is 0 Å². The molecule has 4 heteroatoms. The molecule has 0 spiro atoms. The number of nitrogens with two attached hydrogens (primary N) is 1. The molecule has 1 saturated heterocycles. The first-order chi connectivity index (χ1) is 7.59. The summed E-state index contributed by atoms with van der Waals surface area (Å²) < 4.78 is 5.38. The van der Waals surface area contributed by atoms with E-state index in [4.69, 9.17) is 10.5 Å². The zero-order chi connectivity index (χ0) is 12.2. The summed E-state index contributed by atoms with van der Waals surface area (Å²) in [5.74, 6) is 0. The van der Waals surface area contributed by atoms with Crippen LogP contribution in [0, 0.1) is 0 Å². The van der Waals surface area contributed by atoms with Crippen LogP contribution in [-0.2, 0) is 4.74 Å². The lowest BCUT2D eigenvalue weighted by Crippen LogP contribution is -2.64. The minimum Gasteiger partial charge on any atom is -0.383 e. The summed E-state index contributed by atoms with van der Waals surface area (Å²) in [5.41, 5.74) is 6.02. The van der Waals surface area contributed by atoms with E-state index in [2.05, 4.69) is 30.7 Å². The van der Waals surface area contributed by atoms with E-state index in [-0.39, 0.29) is 5.54 Å². The molecule has 2 unspecified atom stereocenters. The van der Waals surface area contributed by atoms with E-state index in [9.17, 15) is 0 Å². The van der Waals surface area contributed by atoms with Crippen molar-refractivity contribution in [1.82, 2.24) is 9.80 Å². The van der Waals surface area contributed by atoms with E-state index in [1.54, 1.807) is 7.11 Å². The second-order valence-corrected chi connectivity index (χ2v) is 5.02. The van der Waals surface area contributed by atoms with Gasteiger partial charge in [0, 0.05) is 39.3 Å². The maximum absolute atomic E-state index is 6.00. The third kappa shape index (κ3) is 2.74. The molecule has 4 nitrogen and oxygen atoms in total. The number of rotatable bonds is 5. The molecule has 0 saturated carbocycles. The Morgan fingerprint density at radius 1 is 1.44 bits per heavy atom. The standard InChI is InChI=1S/C12H27N3O/c1-5-12(9-13,10-16-4)15-7-6-14(3)8-11(15)2/h11H,5-10,13H2,1-4H3. The fourth-order valence-corrected chi connectivity index (χ4v) is 2.82. The van der Waals surface area contributed by atoms with Gasteiger partial charge in [0.25, 0.3) is 0 Å². The van der Waals surface area contributed by atoms with E-state index in [1.807, 2.05) is 0 Å². The smallest absolute Gasteiger partial charge is 0.0659 e. The number of hydrogen-bond acceptors (Lipinski definition) is 4. The molecule has 0 bridgehead atoms. The molecule has 1 aliphatic rings. The quantitative estimate of drug-likeness (QED) is 0.740. The fraction of sp³-hybridized carbons (Fsp3) is 1.00. The summed E-state index contributed by atoms with van der Waals surface area (Å²) in [4.78, 5) is 4.92. The van der Waals surface area contributed by atoms with Gasteiger partial charge in [0.1, 0.15) is 0 Å². The van der Waals surface area contributed by atoms with Gasteiger partial charge >= 0.3 is 0 Å². The Bertz CT molecular complexity index is 206. The van der Waals surface area contributed by atoms with Crippen LogP contribution in [0.25, 0.3) is 0 Å². The van der Waals surface area contributed by atoms with Gasteiger partial charge in [-0.1, -0.05) is 6.92 Å². The van der Waals surface area contributed by atoms with Gasteiger partial charge in [0.2, 0.25) is 0 Å². The van der Waals surface area contributed by atoms with Crippen LogP contribution in [0.15, 0.2) is 0 Å². The van der Waals surface area contributed by atoms with Gasteiger partial charge in [-0.05, 0) is 20.4 Å². The summed E-state index contributed by atoms with van der Waals surface area (Å²) in [6.45, 7) is 9.22. The molecular formula is C12H27N3O. The van der Waals surface area contributed by atoms with Crippen molar-refractivity contribution in [3.8, 4) is 0 Å². The average Bonchev–Trinajstić information content (AvgIpc) is 2.27. The first-order valence-electron chi connectivity index (χ1n) is 6.24. The molecule has 2 N–H and O–H groups in total. The van der Waals surface area contributed by atoms with Crippen molar-refractivity contribution in [2.45, 2.75) is 31.8 Å². The minimum atomic E-state index is 0.0232. The van der Waals surface area contributed by atoms with Gasteiger partial charge in [-0.3, -0.25) is 4.90 Å². The fourth-order valence-electron chi connectivity index (χ4n) is 2.82. The van der Waals surface area contributed by atoms with Crippen LogP contribution in [0.1, 0.15) is 20.3 Å². The first-order valence-corrected chi connectivity index (χ1v) is 6.24. The summed E-state index contributed by atoms with van der Waals surface area (Å²) in [5, 5.41) is 0. The predicted octanol–water partition coefficient (Wildman–Crippen LogP) is 0.376. The Kier molecular flexibility index (Phi) is 5.18. The predicted molar refractivity (Wildman–Crippen MR) is 67.6 cm³/mol. The Hall–Kier alpha value is -0.160. The molecule has 0 aromatic heterocycles. The highest BCUT2D eigenvalue weighted by Crippen LogP contribution is 2.24. The number of hydrogen-bond donors (Lipinski definition) is 1. The monoisotopic (exact) mass is 229 g/mol. The van der Waals surface area contributed by atoms with Gasteiger partial charge in [0.15, 0.2) is 0 Å². The van der Waals surface area contributed by atoms with Crippen molar-refractivity contribution in [2.24, 2.45) is 5.73 Å². The van der Waals surface area contributed by atoms with E-state index < -0.39 is 0 Å². The largest absolute Gasteiger partial charge is 0.383 e. The molecule has 1 heterocycles. The van der Waals surface area contributed by atoms with E-state index in [0.717, 1.165) is 32.7 Å². The molecule has 0 radical (unpaired) electrons.